The van der Waals surface area contributed by atoms with Gasteiger partial charge in [0.25, 0.3) is 0 Å². The summed E-state index contributed by atoms with van der Waals surface area (Å²) in [5.41, 5.74) is 5.34. The summed E-state index contributed by atoms with van der Waals surface area (Å²) in [5.74, 6) is 0.832. The molecule has 28 heavy (non-hydrogen) atoms. The first-order chi connectivity index (χ1) is 13.9. The van der Waals surface area contributed by atoms with Crippen LogP contribution in [0.3, 0.4) is 0 Å². The number of pyridine rings is 2. The molecule has 0 saturated heterocycles. The molecule has 0 saturated carbocycles. The summed E-state index contributed by atoms with van der Waals surface area (Å²) in [6, 6.07) is 19.8. The largest absolute Gasteiger partial charge is 0.378 e. The van der Waals surface area contributed by atoms with E-state index in [1.807, 2.05) is 66.9 Å². The molecule has 0 aliphatic heterocycles. The maximum Gasteiger partial charge on any atom is 0.155 e. The quantitative estimate of drug-likeness (QED) is 0.494. The van der Waals surface area contributed by atoms with Crippen LogP contribution < -0.4 is 5.32 Å². The van der Waals surface area contributed by atoms with Crippen LogP contribution in [0, 0.1) is 0 Å². The molecule has 0 amide bonds. The first-order valence-electron chi connectivity index (χ1n) is 8.96. The Balaban J connectivity index is 1.55. The lowest BCUT2D eigenvalue weighted by atomic mass is 10.1. The van der Waals surface area contributed by atoms with E-state index in [-0.39, 0.29) is 0 Å². The van der Waals surface area contributed by atoms with Gasteiger partial charge in [-0.25, -0.2) is 14.5 Å². The fourth-order valence-corrected chi connectivity index (χ4v) is 3.11. The van der Waals surface area contributed by atoms with Crippen LogP contribution in [0.15, 0.2) is 79.4 Å². The minimum atomic E-state index is 0.579. The van der Waals surface area contributed by atoms with E-state index >= 15 is 0 Å². The zero-order valence-electron chi connectivity index (χ0n) is 14.9. The van der Waals surface area contributed by atoms with Crippen LogP contribution in [-0.2, 0) is 6.54 Å². The molecule has 0 unspecified atom stereocenters. The number of nitrogens with zero attached hydrogens (tertiary/aromatic N) is 5. The minimum absolute atomic E-state index is 0.579. The molecule has 1 aromatic carbocycles. The molecule has 0 radical (unpaired) electrons. The first-order valence-corrected chi connectivity index (χ1v) is 8.96. The number of aromatic nitrogens is 6. The highest BCUT2D eigenvalue weighted by Gasteiger charge is 2.16. The Labute approximate surface area is 161 Å². The average molecular weight is 367 g/mol. The van der Waals surface area contributed by atoms with Crippen LogP contribution in [0.25, 0.3) is 28.3 Å². The van der Waals surface area contributed by atoms with Crippen molar-refractivity contribution in [2.24, 2.45) is 0 Å². The van der Waals surface area contributed by atoms with Gasteiger partial charge in [-0.1, -0.05) is 24.3 Å². The Bertz CT molecular complexity index is 1210. The van der Waals surface area contributed by atoms with E-state index < -0.39 is 0 Å². The van der Waals surface area contributed by atoms with Gasteiger partial charge in [-0.05, 0) is 36.4 Å². The van der Waals surface area contributed by atoms with Crippen LogP contribution >= 0.6 is 0 Å². The number of hydrogen-bond donors (Lipinski definition) is 2. The van der Waals surface area contributed by atoms with Crippen molar-refractivity contribution in [3.63, 3.8) is 0 Å². The molecule has 4 aromatic heterocycles. The van der Waals surface area contributed by atoms with Gasteiger partial charge in [0, 0.05) is 23.6 Å². The standard InChI is InChI=1S/C21H17N7/c1-2-6-16(7-3-1)23-12-18-26-20(21(27-18)17-8-4-5-11-22-17)15-9-10-19-24-14-25-28(19)13-15/h1-11,13-14,23H,12H2,(H,26,27). The monoisotopic (exact) mass is 367 g/mol. The van der Waals surface area contributed by atoms with Gasteiger partial charge in [-0.15, -0.1) is 0 Å². The maximum atomic E-state index is 4.84. The number of aromatic amines is 1. The minimum Gasteiger partial charge on any atom is -0.378 e. The third kappa shape index (κ3) is 3.09. The summed E-state index contributed by atoms with van der Waals surface area (Å²) < 4.78 is 1.74. The Kier molecular flexibility index (Phi) is 4.02. The summed E-state index contributed by atoms with van der Waals surface area (Å²) in [6.45, 7) is 0.579. The number of para-hydroxylation sites is 1. The van der Waals surface area contributed by atoms with Gasteiger partial charge in [0.1, 0.15) is 12.2 Å². The zero-order chi connectivity index (χ0) is 18.8. The number of rotatable bonds is 5. The highest BCUT2D eigenvalue weighted by atomic mass is 15.3. The highest BCUT2D eigenvalue weighted by Crippen LogP contribution is 2.29. The first kappa shape index (κ1) is 16.2. The van der Waals surface area contributed by atoms with Gasteiger partial charge in [-0.2, -0.15) is 5.10 Å². The number of anilines is 1. The molecule has 136 valence electrons. The molecule has 5 aromatic rings. The molecule has 5 rings (SSSR count). The van der Waals surface area contributed by atoms with E-state index in [2.05, 4.69) is 25.4 Å². The molecule has 0 spiro atoms. The molecular weight excluding hydrogens is 350 g/mol. The van der Waals surface area contributed by atoms with Crippen LogP contribution in [0.4, 0.5) is 5.69 Å². The van der Waals surface area contributed by atoms with Crippen molar-refractivity contribution in [1.82, 2.24) is 29.5 Å². The van der Waals surface area contributed by atoms with E-state index in [0.717, 1.165) is 39.8 Å². The van der Waals surface area contributed by atoms with E-state index in [9.17, 15) is 0 Å². The van der Waals surface area contributed by atoms with Gasteiger partial charge in [-0.3, -0.25) is 4.98 Å². The summed E-state index contributed by atoms with van der Waals surface area (Å²) in [4.78, 5) is 17.0. The fourth-order valence-electron chi connectivity index (χ4n) is 3.11. The number of imidazole rings is 1. The normalized spacial score (nSPS) is 11.0. The van der Waals surface area contributed by atoms with Crippen LogP contribution in [-0.4, -0.2) is 29.5 Å². The zero-order valence-corrected chi connectivity index (χ0v) is 14.9. The van der Waals surface area contributed by atoms with Gasteiger partial charge in [0.2, 0.25) is 0 Å². The van der Waals surface area contributed by atoms with Crippen molar-refractivity contribution in [3.8, 4) is 22.6 Å². The molecule has 0 aliphatic rings. The summed E-state index contributed by atoms with van der Waals surface area (Å²) in [7, 11) is 0. The highest BCUT2D eigenvalue weighted by molar-refractivity contribution is 5.76. The molecule has 7 nitrogen and oxygen atoms in total. The maximum absolute atomic E-state index is 4.84. The lowest BCUT2D eigenvalue weighted by molar-refractivity contribution is 0.960. The molecule has 0 bridgehead atoms. The van der Waals surface area contributed by atoms with Crippen molar-refractivity contribution < 1.29 is 0 Å². The third-order valence-electron chi connectivity index (χ3n) is 4.46. The Morgan fingerprint density at radius 3 is 2.68 bits per heavy atom. The van der Waals surface area contributed by atoms with Gasteiger partial charge >= 0.3 is 0 Å². The number of H-pyrrole nitrogens is 1. The smallest absolute Gasteiger partial charge is 0.155 e. The molecule has 4 heterocycles. The topological polar surface area (TPSA) is 83.8 Å². The van der Waals surface area contributed by atoms with E-state index in [0.29, 0.717) is 6.54 Å². The predicted molar refractivity (Wildman–Crippen MR) is 108 cm³/mol. The molecule has 2 N–H and O–H groups in total. The van der Waals surface area contributed by atoms with Crippen molar-refractivity contribution in [3.05, 3.63) is 85.2 Å². The van der Waals surface area contributed by atoms with Crippen LogP contribution in [0.1, 0.15) is 5.82 Å². The van der Waals surface area contributed by atoms with Crippen molar-refractivity contribution in [1.29, 1.82) is 0 Å². The summed E-state index contributed by atoms with van der Waals surface area (Å²) in [5, 5.41) is 7.62. The summed E-state index contributed by atoms with van der Waals surface area (Å²) in [6.07, 6.45) is 5.25. The molecule has 0 aliphatic carbocycles. The van der Waals surface area contributed by atoms with Gasteiger partial charge in [0.15, 0.2) is 5.65 Å². The molecule has 0 fully saturated rings. The molecule has 7 heteroatoms. The van der Waals surface area contributed by atoms with Crippen molar-refractivity contribution in [2.75, 3.05) is 5.32 Å². The second kappa shape index (κ2) is 6.96. The van der Waals surface area contributed by atoms with Gasteiger partial charge in [0.05, 0.1) is 23.6 Å². The number of benzene rings is 1. The average Bonchev–Trinajstić information content (AvgIpc) is 3.40. The SMILES string of the molecule is c1ccc(NCc2nc(-c3ccc4ncnn4c3)c(-c3ccccn3)[nH]2)cc1. The predicted octanol–water partition coefficient (Wildman–Crippen LogP) is 3.79. The lowest BCUT2D eigenvalue weighted by Gasteiger charge is -2.03. The van der Waals surface area contributed by atoms with Gasteiger partial charge < -0.3 is 10.3 Å². The van der Waals surface area contributed by atoms with E-state index in [1.165, 1.54) is 0 Å². The van der Waals surface area contributed by atoms with Crippen LogP contribution in [0.2, 0.25) is 0 Å². The third-order valence-corrected chi connectivity index (χ3v) is 4.46. The number of fused-ring (bicyclic) bond motifs is 1. The molecular formula is C21H17N7. The second-order valence-corrected chi connectivity index (χ2v) is 6.32. The van der Waals surface area contributed by atoms with Crippen molar-refractivity contribution in [2.45, 2.75) is 6.54 Å². The van der Waals surface area contributed by atoms with E-state index in [1.54, 1.807) is 17.0 Å². The summed E-state index contributed by atoms with van der Waals surface area (Å²) >= 11 is 0. The Hall–Kier alpha value is -4.00. The van der Waals surface area contributed by atoms with Crippen LogP contribution in [0.5, 0.6) is 0 Å². The Morgan fingerprint density at radius 2 is 1.82 bits per heavy atom. The fraction of sp³-hybridized carbons (Fsp3) is 0.0476. The van der Waals surface area contributed by atoms with E-state index in [4.69, 9.17) is 4.98 Å². The number of nitrogens with one attached hydrogen (secondary N) is 2. The second-order valence-electron chi connectivity index (χ2n) is 6.32. The molecule has 0 atom stereocenters. The van der Waals surface area contributed by atoms with Crippen molar-refractivity contribution >= 4 is 11.3 Å². The number of hydrogen-bond acceptors (Lipinski definition) is 5. The lowest BCUT2D eigenvalue weighted by Crippen LogP contribution is -2.00. The Morgan fingerprint density at radius 1 is 0.929 bits per heavy atom.